The highest BCUT2D eigenvalue weighted by Gasteiger charge is 2.28. The molecule has 0 radical (unpaired) electrons. The maximum Gasteiger partial charge on any atom is 0.265 e. The molecule has 158 valence electrons. The number of hydrogen-bond acceptors (Lipinski definition) is 5. The third-order valence-corrected chi connectivity index (χ3v) is 6.23. The van der Waals surface area contributed by atoms with E-state index in [4.69, 9.17) is 21.7 Å². The molecule has 0 unspecified atom stereocenters. The van der Waals surface area contributed by atoms with Crippen LogP contribution < -0.4 is 9.47 Å². The van der Waals surface area contributed by atoms with Crippen LogP contribution >= 0.6 is 24.0 Å². The van der Waals surface area contributed by atoms with Gasteiger partial charge in [-0.3, -0.25) is 9.69 Å². The van der Waals surface area contributed by atoms with Gasteiger partial charge in [0, 0.05) is 13.5 Å². The molecule has 0 atom stereocenters. The number of ether oxygens (including phenoxy) is 2. The van der Waals surface area contributed by atoms with E-state index in [1.807, 2.05) is 30.3 Å². The van der Waals surface area contributed by atoms with Crippen molar-refractivity contribution in [1.82, 2.24) is 4.90 Å². The van der Waals surface area contributed by atoms with Crippen LogP contribution in [0.5, 0.6) is 11.5 Å². The molecule has 0 aliphatic carbocycles. The number of hydrogen-bond donors (Lipinski definition) is 0. The molecular formula is C24H27NO3S2. The van der Waals surface area contributed by atoms with Gasteiger partial charge in [0.25, 0.3) is 5.91 Å². The van der Waals surface area contributed by atoms with Gasteiger partial charge in [-0.25, -0.2) is 0 Å². The molecule has 4 nitrogen and oxygen atoms in total. The number of thioether (sulfide) groups is 1. The second-order valence-corrected chi connectivity index (χ2v) is 9.24. The van der Waals surface area contributed by atoms with E-state index in [0.29, 0.717) is 28.4 Å². The summed E-state index contributed by atoms with van der Waals surface area (Å²) in [7, 11) is 1.70. The molecule has 0 spiro atoms. The second-order valence-electron chi connectivity index (χ2n) is 7.56. The van der Waals surface area contributed by atoms with Crippen LogP contribution in [-0.4, -0.2) is 35.4 Å². The average molecular weight is 442 g/mol. The molecule has 6 heteroatoms. The molecule has 30 heavy (non-hydrogen) atoms. The largest absolute Gasteiger partial charge is 0.493 e. The maximum absolute atomic E-state index is 12.2. The topological polar surface area (TPSA) is 38.8 Å². The van der Waals surface area contributed by atoms with Crippen molar-refractivity contribution in [1.29, 1.82) is 0 Å². The molecule has 2 aromatic rings. The summed E-state index contributed by atoms with van der Waals surface area (Å²) in [5.41, 5.74) is 3.34. The number of nitrogens with zero attached hydrogens (tertiary/aromatic N) is 1. The molecule has 1 aliphatic heterocycles. The minimum absolute atomic E-state index is 0.0645. The molecule has 0 N–H and O–H groups in total. The van der Waals surface area contributed by atoms with Gasteiger partial charge in [-0.15, -0.1) is 0 Å². The minimum Gasteiger partial charge on any atom is -0.493 e. The monoisotopic (exact) mass is 441 g/mol. The summed E-state index contributed by atoms with van der Waals surface area (Å²) in [6.07, 6.45) is 2.63. The lowest BCUT2D eigenvalue weighted by Crippen LogP contribution is -2.22. The molecule has 0 aromatic heterocycles. The van der Waals surface area contributed by atoms with Crippen molar-refractivity contribution in [3.63, 3.8) is 0 Å². The van der Waals surface area contributed by atoms with Crippen molar-refractivity contribution < 1.29 is 14.3 Å². The third kappa shape index (κ3) is 5.64. The summed E-state index contributed by atoms with van der Waals surface area (Å²) in [4.78, 5) is 14.3. The smallest absolute Gasteiger partial charge is 0.265 e. The fraction of sp³-hybridized carbons (Fsp3) is 0.333. The van der Waals surface area contributed by atoms with Gasteiger partial charge in [0.15, 0.2) is 0 Å². The van der Waals surface area contributed by atoms with Crippen LogP contribution in [0.15, 0.2) is 47.4 Å². The molecule has 1 aliphatic rings. The van der Waals surface area contributed by atoms with Crippen LogP contribution in [0.25, 0.3) is 6.08 Å². The molecule has 1 heterocycles. The van der Waals surface area contributed by atoms with Gasteiger partial charge in [0.1, 0.15) is 15.8 Å². The molecule has 1 fully saturated rings. The van der Waals surface area contributed by atoms with E-state index in [9.17, 15) is 4.79 Å². The van der Waals surface area contributed by atoms with E-state index < -0.39 is 0 Å². The van der Waals surface area contributed by atoms with Crippen molar-refractivity contribution in [2.45, 2.75) is 33.1 Å². The van der Waals surface area contributed by atoms with Crippen LogP contribution in [-0.2, 0) is 4.79 Å². The van der Waals surface area contributed by atoms with Gasteiger partial charge in [0.2, 0.25) is 0 Å². The number of carbonyl (C=O) groups is 1. The first-order valence-corrected chi connectivity index (χ1v) is 11.3. The van der Waals surface area contributed by atoms with E-state index in [-0.39, 0.29) is 5.91 Å². The summed E-state index contributed by atoms with van der Waals surface area (Å²) in [5, 5.41) is 0. The Morgan fingerprint density at radius 1 is 1.13 bits per heavy atom. The highest BCUT2D eigenvalue weighted by atomic mass is 32.2. The zero-order valence-electron chi connectivity index (χ0n) is 17.8. The summed E-state index contributed by atoms with van der Waals surface area (Å²) in [5.74, 6) is 2.09. The van der Waals surface area contributed by atoms with Gasteiger partial charge >= 0.3 is 0 Å². The molecule has 2 aromatic carbocycles. The van der Waals surface area contributed by atoms with Crippen molar-refractivity contribution in [2.24, 2.45) is 0 Å². The van der Waals surface area contributed by atoms with Gasteiger partial charge in [0.05, 0.1) is 18.1 Å². The first kappa shape index (κ1) is 22.4. The molecule has 0 bridgehead atoms. The third-order valence-electron chi connectivity index (χ3n) is 4.75. The number of thiocarbonyl (C=S) groups is 1. The fourth-order valence-electron chi connectivity index (χ4n) is 3.07. The SMILES string of the molecule is Cc1ccc(C(C)C)c(OCCCOc2cccc(/C=C3\SC(=S)N(C)C3=O)c2)c1. The predicted molar refractivity (Wildman–Crippen MR) is 128 cm³/mol. The quantitative estimate of drug-likeness (QED) is 0.294. The van der Waals surface area contributed by atoms with Crippen LogP contribution in [0.2, 0.25) is 0 Å². The summed E-state index contributed by atoms with van der Waals surface area (Å²) >= 11 is 6.50. The van der Waals surface area contributed by atoms with Gasteiger partial charge in [-0.1, -0.05) is 62.1 Å². The number of aryl methyl sites for hydroxylation is 1. The lowest BCUT2D eigenvalue weighted by Gasteiger charge is -2.15. The fourth-order valence-corrected chi connectivity index (χ4v) is 4.25. The van der Waals surface area contributed by atoms with E-state index in [0.717, 1.165) is 23.5 Å². The summed E-state index contributed by atoms with van der Waals surface area (Å²) < 4.78 is 12.5. The van der Waals surface area contributed by atoms with Crippen LogP contribution in [0.1, 0.15) is 42.9 Å². The molecule has 0 saturated carbocycles. The number of benzene rings is 2. The summed E-state index contributed by atoms with van der Waals surface area (Å²) in [6, 6.07) is 14.1. The lowest BCUT2D eigenvalue weighted by molar-refractivity contribution is -0.121. The number of rotatable bonds is 8. The van der Waals surface area contributed by atoms with Crippen molar-refractivity contribution in [2.75, 3.05) is 20.3 Å². The Hall–Kier alpha value is -2.31. The van der Waals surface area contributed by atoms with Gasteiger partial charge in [-0.2, -0.15) is 0 Å². The van der Waals surface area contributed by atoms with E-state index in [1.54, 1.807) is 7.05 Å². The number of likely N-dealkylation sites (N-methyl/N-ethyl adjacent to an activating group) is 1. The number of carbonyl (C=O) groups excluding carboxylic acids is 1. The van der Waals surface area contributed by atoms with Crippen molar-refractivity contribution in [3.8, 4) is 11.5 Å². The Morgan fingerprint density at radius 3 is 2.60 bits per heavy atom. The van der Waals surface area contributed by atoms with Crippen LogP contribution in [0, 0.1) is 6.92 Å². The second kappa shape index (κ2) is 10.1. The van der Waals surface area contributed by atoms with E-state index in [1.165, 1.54) is 27.8 Å². The Kier molecular flexibility index (Phi) is 7.56. The normalized spacial score (nSPS) is 15.4. The minimum atomic E-state index is -0.0645. The average Bonchev–Trinajstić information content (AvgIpc) is 2.94. The summed E-state index contributed by atoms with van der Waals surface area (Å²) in [6.45, 7) is 7.58. The molecule has 1 saturated heterocycles. The van der Waals surface area contributed by atoms with Crippen molar-refractivity contribution >= 4 is 40.3 Å². The van der Waals surface area contributed by atoms with Gasteiger partial charge in [-0.05, 0) is 53.8 Å². The zero-order valence-corrected chi connectivity index (χ0v) is 19.4. The molecule has 1 amide bonds. The molecule has 3 rings (SSSR count). The zero-order chi connectivity index (χ0) is 21.7. The molecular weight excluding hydrogens is 414 g/mol. The standard InChI is InChI=1S/C24H27NO3S2/c1-16(2)20-10-9-17(3)13-21(20)28-12-6-11-27-19-8-5-7-18(14-19)15-22-23(26)25(4)24(29)30-22/h5,7-10,13-16H,6,11-12H2,1-4H3/b22-15-. The van der Waals surface area contributed by atoms with Crippen molar-refractivity contribution in [3.05, 3.63) is 64.1 Å². The Morgan fingerprint density at radius 2 is 1.90 bits per heavy atom. The highest BCUT2D eigenvalue weighted by Crippen LogP contribution is 2.32. The van der Waals surface area contributed by atoms with Crippen LogP contribution in [0.4, 0.5) is 0 Å². The van der Waals surface area contributed by atoms with Crippen LogP contribution in [0.3, 0.4) is 0 Å². The maximum atomic E-state index is 12.2. The van der Waals surface area contributed by atoms with E-state index in [2.05, 4.69) is 39.0 Å². The Balaban J connectivity index is 1.52. The van der Waals surface area contributed by atoms with Gasteiger partial charge < -0.3 is 9.47 Å². The first-order chi connectivity index (χ1) is 14.3. The van der Waals surface area contributed by atoms with E-state index >= 15 is 0 Å². The number of amides is 1. The lowest BCUT2D eigenvalue weighted by atomic mass is 10.0. The predicted octanol–water partition coefficient (Wildman–Crippen LogP) is 5.80. The Bertz CT molecular complexity index is 969. The Labute approximate surface area is 188 Å². The highest BCUT2D eigenvalue weighted by molar-refractivity contribution is 8.26. The first-order valence-electron chi connectivity index (χ1n) is 10.0.